The van der Waals surface area contributed by atoms with E-state index in [4.69, 9.17) is 0 Å². The van der Waals surface area contributed by atoms with Crippen LogP contribution in [0.1, 0.15) is 10.4 Å². The minimum Gasteiger partial charge on any atom is -0.341 e. The number of nitrogens with zero attached hydrogens (tertiary/aromatic N) is 1. The molecule has 2 rings (SSSR count). The third-order valence-corrected chi connectivity index (χ3v) is 2.95. The molecule has 8 heteroatoms. The first-order valence-electron chi connectivity index (χ1n) is 6.64. The van der Waals surface area contributed by atoms with Crippen molar-refractivity contribution in [2.75, 3.05) is 17.7 Å². The van der Waals surface area contributed by atoms with Crippen LogP contribution in [0.25, 0.3) is 0 Å². The largest absolute Gasteiger partial charge is 0.341 e. The predicted molar refractivity (Wildman–Crippen MR) is 85.6 cm³/mol. The molecule has 3 amide bonds. The summed E-state index contributed by atoms with van der Waals surface area (Å²) >= 11 is 0. The predicted octanol–water partition coefficient (Wildman–Crippen LogP) is 2.60. The van der Waals surface area contributed by atoms with E-state index in [1.54, 1.807) is 24.3 Å². The highest BCUT2D eigenvalue weighted by atomic mass is 16.6. The number of urea groups is 1. The van der Waals surface area contributed by atoms with E-state index in [0.29, 0.717) is 11.4 Å². The SMILES string of the molecule is CNC(=O)Nc1ccc(NC(=O)c2cccc([N+](=O)[O-])c2)cc1. The first-order valence-corrected chi connectivity index (χ1v) is 6.64. The molecule has 0 saturated heterocycles. The second-order valence-electron chi connectivity index (χ2n) is 4.54. The highest BCUT2D eigenvalue weighted by Crippen LogP contribution is 2.17. The Hall–Kier alpha value is -3.42. The van der Waals surface area contributed by atoms with Gasteiger partial charge in [0.15, 0.2) is 0 Å². The Labute approximate surface area is 131 Å². The van der Waals surface area contributed by atoms with E-state index in [1.165, 1.54) is 31.3 Å². The number of carbonyl (C=O) groups is 2. The summed E-state index contributed by atoms with van der Waals surface area (Å²) in [5.41, 5.74) is 1.11. The van der Waals surface area contributed by atoms with E-state index in [-0.39, 0.29) is 17.3 Å². The average molecular weight is 314 g/mol. The summed E-state index contributed by atoms with van der Waals surface area (Å²) in [4.78, 5) is 33.4. The van der Waals surface area contributed by atoms with Crippen molar-refractivity contribution < 1.29 is 14.5 Å². The van der Waals surface area contributed by atoms with E-state index < -0.39 is 10.8 Å². The maximum atomic E-state index is 12.1. The van der Waals surface area contributed by atoms with Crippen LogP contribution >= 0.6 is 0 Å². The second kappa shape index (κ2) is 7.03. The minimum absolute atomic E-state index is 0.150. The van der Waals surface area contributed by atoms with Crippen molar-refractivity contribution in [3.8, 4) is 0 Å². The standard InChI is InChI=1S/C15H14N4O4/c1-16-15(21)18-12-7-5-11(6-8-12)17-14(20)10-3-2-4-13(9-10)19(22)23/h2-9H,1H3,(H,17,20)(H2,16,18,21). The van der Waals surface area contributed by atoms with Gasteiger partial charge in [-0.25, -0.2) is 4.79 Å². The molecule has 0 aliphatic rings. The zero-order valence-corrected chi connectivity index (χ0v) is 12.2. The fraction of sp³-hybridized carbons (Fsp3) is 0.0667. The van der Waals surface area contributed by atoms with E-state index >= 15 is 0 Å². The van der Waals surface area contributed by atoms with Crippen LogP contribution in [0.3, 0.4) is 0 Å². The van der Waals surface area contributed by atoms with Crippen molar-refractivity contribution in [2.24, 2.45) is 0 Å². The molecule has 118 valence electrons. The molecule has 0 aliphatic carbocycles. The molecular formula is C15H14N4O4. The molecule has 0 fully saturated rings. The maximum absolute atomic E-state index is 12.1. The molecule has 0 spiro atoms. The monoisotopic (exact) mass is 314 g/mol. The van der Waals surface area contributed by atoms with Gasteiger partial charge in [-0.3, -0.25) is 14.9 Å². The fourth-order valence-electron chi connectivity index (χ4n) is 1.79. The number of non-ortho nitro benzene ring substituents is 1. The Morgan fingerprint density at radius 1 is 1.00 bits per heavy atom. The van der Waals surface area contributed by atoms with E-state index in [9.17, 15) is 19.7 Å². The molecule has 2 aromatic rings. The number of nitro groups is 1. The summed E-state index contributed by atoms with van der Waals surface area (Å²) in [6.07, 6.45) is 0. The quantitative estimate of drug-likeness (QED) is 0.594. The van der Waals surface area contributed by atoms with Crippen LogP contribution in [0.5, 0.6) is 0 Å². The number of carbonyl (C=O) groups excluding carboxylic acids is 2. The summed E-state index contributed by atoms with van der Waals surface area (Å²) in [7, 11) is 1.50. The zero-order chi connectivity index (χ0) is 16.8. The van der Waals surface area contributed by atoms with Crippen LogP contribution in [0, 0.1) is 10.1 Å². The molecule has 2 aromatic carbocycles. The van der Waals surface area contributed by atoms with Gasteiger partial charge in [-0.05, 0) is 30.3 Å². The van der Waals surface area contributed by atoms with Crippen LogP contribution in [0.15, 0.2) is 48.5 Å². The maximum Gasteiger partial charge on any atom is 0.318 e. The first kappa shape index (κ1) is 16.0. The summed E-state index contributed by atoms with van der Waals surface area (Å²) in [5, 5.41) is 18.4. The number of rotatable bonds is 4. The number of hydrogen-bond acceptors (Lipinski definition) is 4. The summed E-state index contributed by atoms with van der Waals surface area (Å²) < 4.78 is 0. The average Bonchev–Trinajstić information content (AvgIpc) is 2.56. The van der Waals surface area contributed by atoms with Crippen LogP contribution in [0.4, 0.5) is 21.9 Å². The van der Waals surface area contributed by atoms with E-state index in [2.05, 4.69) is 16.0 Å². The fourth-order valence-corrected chi connectivity index (χ4v) is 1.79. The van der Waals surface area contributed by atoms with Crippen LogP contribution in [0.2, 0.25) is 0 Å². The van der Waals surface area contributed by atoms with Crippen molar-refractivity contribution in [2.45, 2.75) is 0 Å². The lowest BCUT2D eigenvalue weighted by Crippen LogP contribution is -2.24. The highest BCUT2D eigenvalue weighted by molar-refractivity contribution is 6.04. The van der Waals surface area contributed by atoms with Gasteiger partial charge in [0, 0.05) is 36.1 Å². The molecule has 0 atom stereocenters. The molecule has 0 aliphatic heterocycles. The molecule has 8 nitrogen and oxygen atoms in total. The topological polar surface area (TPSA) is 113 Å². The van der Waals surface area contributed by atoms with Gasteiger partial charge in [-0.15, -0.1) is 0 Å². The third kappa shape index (κ3) is 4.27. The van der Waals surface area contributed by atoms with Gasteiger partial charge in [0.2, 0.25) is 0 Å². The van der Waals surface area contributed by atoms with Crippen molar-refractivity contribution in [3.05, 3.63) is 64.2 Å². The first-order chi connectivity index (χ1) is 11.0. The number of nitrogens with one attached hydrogen (secondary N) is 3. The molecule has 0 bridgehead atoms. The smallest absolute Gasteiger partial charge is 0.318 e. The summed E-state index contributed by atoms with van der Waals surface area (Å²) in [6, 6.07) is 11.6. The van der Waals surface area contributed by atoms with Gasteiger partial charge in [-0.2, -0.15) is 0 Å². The van der Waals surface area contributed by atoms with Gasteiger partial charge in [-0.1, -0.05) is 6.07 Å². The Morgan fingerprint density at radius 2 is 1.61 bits per heavy atom. The number of benzene rings is 2. The third-order valence-electron chi connectivity index (χ3n) is 2.95. The Bertz CT molecular complexity index is 743. The molecule has 3 N–H and O–H groups in total. The Balaban J connectivity index is 2.07. The van der Waals surface area contributed by atoms with Crippen LogP contribution in [-0.2, 0) is 0 Å². The molecule has 0 radical (unpaired) electrons. The van der Waals surface area contributed by atoms with E-state index in [1.807, 2.05) is 0 Å². The Morgan fingerprint density at radius 3 is 2.17 bits per heavy atom. The lowest BCUT2D eigenvalue weighted by Gasteiger charge is -2.07. The lowest BCUT2D eigenvalue weighted by molar-refractivity contribution is -0.384. The molecule has 0 saturated carbocycles. The summed E-state index contributed by atoms with van der Waals surface area (Å²) in [5.74, 6) is -0.458. The minimum atomic E-state index is -0.560. The number of amides is 3. The van der Waals surface area contributed by atoms with Gasteiger partial charge in [0.25, 0.3) is 11.6 Å². The van der Waals surface area contributed by atoms with E-state index in [0.717, 1.165) is 0 Å². The summed E-state index contributed by atoms with van der Waals surface area (Å²) in [6.45, 7) is 0. The molecular weight excluding hydrogens is 300 g/mol. The molecule has 0 unspecified atom stereocenters. The van der Waals surface area contributed by atoms with Gasteiger partial charge in [0.05, 0.1) is 4.92 Å². The second-order valence-corrected chi connectivity index (χ2v) is 4.54. The highest BCUT2D eigenvalue weighted by Gasteiger charge is 2.11. The molecule has 23 heavy (non-hydrogen) atoms. The van der Waals surface area contributed by atoms with Gasteiger partial charge in [0.1, 0.15) is 0 Å². The number of hydrogen-bond donors (Lipinski definition) is 3. The number of nitro benzene ring substituents is 1. The molecule has 0 aromatic heterocycles. The van der Waals surface area contributed by atoms with Gasteiger partial charge < -0.3 is 16.0 Å². The molecule has 0 heterocycles. The van der Waals surface area contributed by atoms with Gasteiger partial charge >= 0.3 is 6.03 Å². The normalized spacial score (nSPS) is 9.78. The van der Waals surface area contributed by atoms with Crippen molar-refractivity contribution in [1.82, 2.24) is 5.32 Å². The Kier molecular flexibility index (Phi) is 4.88. The van der Waals surface area contributed by atoms with Crippen molar-refractivity contribution >= 4 is 29.0 Å². The zero-order valence-electron chi connectivity index (χ0n) is 12.2. The number of anilines is 2. The van der Waals surface area contributed by atoms with Crippen molar-refractivity contribution in [3.63, 3.8) is 0 Å². The van der Waals surface area contributed by atoms with Crippen LogP contribution < -0.4 is 16.0 Å². The van der Waals surface area contributed by atoms with Crippen LogP contribution in [-0.4, -0.2) is 23.9 Å². The lowest BCUT2D eigenvalue weighted by atomic mass is 10.2. The van der Waals surface area contributed by atoms with Crippen molar-refractivity contribution in [1.29, 1.82) is 0 Å².